The van der Waals surface area contributed by atoms with E-state index in [1.54, 1.807) is 18.4 Å². The summed E-state index contributed by atoms with van der Waals surface area (Å²) in [6.45, 7) is 7.85. The molecule has 0 aromatic carbocycles. The standard InChI is InChI=1S/C21H35N5OS/c1-17-6-3-4-12-25(17)13-5-10-23-21(22-2)24-11-7-20(27)26-14-8-19-18(16-26)9-15-28-19/h9,15,17H,3-8,10-14,16H2,1-2H3,(H2,22,23,24). The van der Waals surface area contributed by atoms with Gasteiger partial charge in [-0.05, 0) is 56.2 Å². The molecule has 1 amide bonds. The van der Waals surface area contributed by atoms with Crippen LogP contribution in [0.25, 0.3) is 0 Å². The molecule has 0 bridgehead atoms. The lowest BCUT2D eigenvalue weighted by Crippen LogP contribution is -2.42. The Bertz CT molecular complexity index is 659. The SMILES string of the molecule is CN=C(NCCCN1CCCCC1C)NCCC(=O)N1CCc2sccc2C1. The van der Waals surface area contributed by atoms with E-state index in [4.69, 9.17) is 0 Å². The van der Waals surface area contributed by atoms with E-state index in [9.17, 15) is 4.79 Å². The summed E-state index contributed by atoms with van der Waals surface area (Å²) in [5, 5.41) is 8.78. The number of piperidine rings is 1. The molecule has 0 aliphatic carbocycles. The van der Waals surface area contributed by atoms with Crippen molar-refractivity contribution >= 4 is 23.2 Å². The summed E-state index contributed by atoms with van der Waals surface area (Å²) in [6.07, 6.45) is 6.64. The fourth-order valence-corrected chi connectivity index (χ4v) is 5.00. The molecule has 28 heavy (non-hydrogen) atoms. The highest BCUT2D eigenvalue weighted by Crippen LogP contribution is 2.24. The summed E-state index contributed by atoms with van der Waals surface area (Å²) in [4.78, 5) is 22.8. The van der Waals surface area contributed by atoms with E-state index in [2.05, 4.69) is 38.9 Å². The number of thiophene rings is 1. The zero-order valence-corrected chi connectivity index (χ0v) is 18.2. The molecule has 3 rings (SSSR count). The van der Waals surface area contributed by atoms with Crippen molar-refractivity contribution in [2.45, 2.75) is 58.0 Å². The van der Waals surface area contributed by atoms with Crippen molar-refractivity contribution in [1.82, 2.24) is 20.4 Å². The number of hydrogen-bond acceptors (Lipinski definition) is 4. The molecule has 2 N–H and O–H groups in total. The quantitative estimate of drug-likeness (QED) is 0.416. The van der Waals surface area contributed by atoms with Gasteiger partial charge in [-0.1, -0.05) is 6.42 Å². The fraction of sp³-hybridized carbons (Fsp3) is 0.714. The molecule has 156 valence electrons. The van der Waals surface area contributed by atoms with Crippen LogP contribution in [-0.2, 0) is 17.8 Å². The minimum Gasteiger partial charge on any atom is -0.356 e. The van der Waals surface area contributed by atoms with E-state index in [0.717, 1.165) is 51.0 Å². The summed E-state index contributed by atoms with van der Waals surface area (Å²) in [7, 11) is 1.78. The van der Waals surface area contributed by atoms with Gasteiger partial charge in [0.05, 0.1) is 0 Å². The Kier molecular flexibility index (Phi) is 8.15. The van der Waals surface area contributed by atoms with Gasteiger partial charge in [0.2, 0.25) is 5.91 Å². The zero-order valence-electron chi connectivity index (χ0n) is 17.4. The van der Waals surface area contributed by atoms with E-state index in [0.29, 0.717) is 13.0 Å². The molecule has 1 atom stereocenters. The van der Waals surface area contributed by atoms with Crippen LogP contribution in [-0.4, -0.2) is 67.5 Å². The lowest BCUT2D eigenvalue weighted by molar-refractivity contribution is -0.131. The smallest absolute Gasteiger partial charge is 0.224 e. The first kappa shape index (κ1) is 21.1. The van der Waals surface area contributed by atoms with Crippen molar-refractivity contribution in [3.8, 4) is 0 Å². The van der Waals surface area contributed by atoms with E-state index >= 15 is 0 Å². The largest absolute Gasteiger partial charge is 0.356 e. The van der Waals surface area contributed by atoms with Gasteiger partial charge in [0.25, 0.3) is 0 Å². The summed E-state index contributed by atoms with van der Waals surface area (Å²) in [5.74, 6) is 1.01. The first-order valence-corrected chi connectivity index (χ1v) is 11.6. The van der Waals surface area contributed by atoms with Crippen LogP contribution in [0.15, 0.2) is 16.4 Å². The van der Waals surface area contributed by atoms with Crippen LogP contribution in [0.2, 0.25) is 0 Å². The molecule has 1 aromatic rings. The Morgan fingerprint density at radius 3 is 2.96 bits per heavy atom. The monoisotopic (exact) mass is 405 g/mol. The van der Waals surface area contributed by atoms with Crippen molar-refractivity contribution in [3.63, 3.8) is 0 Å². The van der Waals surface area contributed by atoms with Gasteiger partial charge in [-0.25, -0.2) is 0 Å². The number of carbonyl (C=O) groups excluding carboxylic acids is 1. The van der Waals surface area contributed by atoms with Crippen LogP contribution in [0.3, 0.4) is 0 Å². The van der Waals surface area contributed by atoms with Crippen LogP contribution in [0.1, 0.15) is 49.5 Å². The second kappa shape index (κ2) is 10.8. The number of rotatable bonds is 7. The summed E-state index contributed by atoms with van der Waals surface area (Å²) < 4.78 is 0. The minimum absolute atomic E-state index is 0.221. The van der Waals surface area contributed by atoms with Crippen LogP contribution in [0, 0.1) is 0 Å². The molecule has 0 radical (unpaired) electrons. The maximum Gasteiger partial charge on any atom is 0.224 e. The van der Waals surface area contributed by atoms with Gasteiger partial charge in [0, 0.05) is 57.1 Å². The van der Waals surface area contributed by atoms with E-state index in [1.165, 1.54) is 36.2 Å². The summed E-state index contributed by atoms with van der Waals surface area (Å²) in [6, 6.07) is 2.87. The lowest BCUT2D eigenvalue weighted by atomic mass is 10.0. The average Bonchev–Trinajstić information content (AvgIpc) is 3.18. The second-order valence-electron chi connectivity index (χ2n) is 7.84. The van der Waals surface area contributed by atoms with Crippen molar-refractivity contribution in [2.24, 2.45) is 4.99 Å². The van der Waals surface area contributed by atoms with E-state index < -0.39 is 0 Å². The molecular weight excluding hydrogens is 370 g/mol. The molecule has 0 saturated carbocycles. The highest BCUT2D eigenvalue weighted by molar-refractivity contribution is 7.10. The molecular formula is C21H35N5OS. The van der Waals surface area contributed by atoms with Gasteiger partial charge < -0.3 is 20.4 Å². The molecule has 1 saturated heterocycles. The molecule has 1 aromatic heterocycles. The Morgan fingerprint density at radius 1 is 1.29 bits per heavy atom. The summed E-state index contributed by atoms with van der Waals surface area (Å²) in [5.41, 5.74) is 1.32. The number of carbonyl (C=O) groups is 1. The molecule has 0 spiro atoms. The molecule has 6 nitrogen and oxygen atoms in total. The normalized spacial score (nSPS) is 20.7. The maximum absolute atomic E-state index is 12.5. The predicted octanol–water partition coefficient (Wildman–Crippen LogP) is 2.45. The highest BCUT2D eigenvalue weighted by atomic mass is 32.1. The van der Waals surface area contributed by atoms with Crippen LogP contribution >= 0.6 is 11.3 Å². The van der Waals surface area contributed by atoms with Crippen molar-refractivity contribution < 1.29 is 4.79 Å². The molecule has 1 unspecified atom stereocenters. The lowest BCUT2D eigenvalue weighted by Gasteiger charge is -2.33. The van der Waals surface area contributed by atoms with Gasteiger partial charge in [-0.15, -0.1) is 11.3 Å². The molecule has 7 heteroatoms. The van der Waals surface area contributed by atoms with Crippen LogP contribution < -0.4 is 10.6 Å². The molecule has 2 aliphatic rings. The first-order valence-electron chi connectivity index (χ1n) is 10.7. The van der Waals surface area contributed by atoms with Crippen molar-refractivity contribution in [3.05, 3.63) is 21.9 Å². The van der Waals surface area contributed by atoms with E-state index in [-0.39, 0.29) is 5.91 Å². The highest BCUT2D eigenvalue weighted by Gasteiger charge is 2.21. The molecule has 2 aliphatic heterocycles. The van der Waals surface area contributed by atoms with Crippen LogP contribution in [0.4, 0.5) is 0 Å². The third kappa shape index (κ3) is 5.95. The third-order valence-corrected chi connectivity index (χ3v) is 6.89. The average molecular weight is 406 g/mol. The van der Waals surface area contributed by atoms with Crippen molar-refractivity contribution in [2.75, 3.05) is 39.8 Å². The number of nitrogens with zero attached hydrogens (tertiary/aromatic N) is 3. The summed E-state index contributed by atoms with van der Waals surface area (Å²) >= 11 is 1.80. The number of nitrogens with one attached hydrogen (secondary N) is 2. The maximum atomic E-state index is 12.5. The number of aliphatic imine (C=N–C) groups is 1. The van der Waals surface area contributed by atoms with Gasteiger partial charge in [-0.3, -0.25) is 9.79 Å². The number of hydrogen-bond donors (Lipinski definition) is 2. The van der Waals surface area contributed by atoms with Gasteiger partial charge >= 0.3 is 0 Å². The third-order valence-electron chi connectivity index (χ3n) is 5.87. The Labute approximate surface area is 173 Å². The Balaban J connectivity index is 1.29. The first-order chi connectivity index (χ1) is 13.7. The van der Waals surface area contributed by atoms with E-state index in [1.807, 2.05) is 4.90 Å². The number of likely N-dealkylation sites (tertiary alicyclic amines) is 1. The van der Waals surface area contributed by atoms with Gasteiger partial charge in [-0.2, -0.15) is 0 Å². The number of fused-ring (bicyclic) bond motifs is 1. The van der Waals surface area contributed by atoms with Crippen LogP contribution in [0.5, 0.6) is 0 Å². The molecule has 1 fully saturated rings. The predicted molar refractivity (Wildman–Crippen MR) is 117 cm³/mol. The van der Waals surface area contributed by atoms with Crippen molar-refractivity contribution in [1.29, 1.82) is 0 Å². The van der Waals surface area contributed by atoms with Gasteiger partial charge in [0.15, 0.2) is 5.96 Å². The Morgan fingerprint density at radius 2 is 2.14 bits per heavy atom. The second-order valence-corrected chi connectivity index (χ2v) is 8.85. The fourth-order valence-electron chi connectivity index (χ4n) is 4.11. The zero-order chi connectivity index (χ0) is 19.8. The Hall–Kier alpha value is -1.60. The molecule has 3 heterocycles. The minimum atomic E-state index is 0.221. The number of guanidine groups is 1. The number of amides is 1. The van der Waals surface area contributed by atoms with Gasteiger partial charge in [0.1, 0.15) is 0 Å². The topological polar surface area (TPSA) is 60.0 Å².